The Morgan fingerprint density at radius 2 is 0.913 bits per heavy atom. The molecule has 4 nitrogen and oxygen atoms in total. The molecule has 4 N–H and O–H groups in total. The van der Waals surface area contributed by atoms with Crippen LogP contribution >= 0.6 is 0 Å². The van der Waals surface area contributed by atoms with Crippen molar-refractivity contribution < 1.29 is 20.4 Å². The lowest BCUT2D eigenvalue weighted by atomic mass is 9.99. The molecule has 0 aliphatic rings. The van der Waals surface area contributed by atoms with Gasteiger partial charge in [-0.05, 0) is 31.4 Å². The molecule has 0 bridgehead atoms. The van der Waals surface area contributed by atoms with Gasteiger partial charge in [-0.2, -0.15) is 0 Å². The van der Waals surface area contributed by atoms with Gasteiger partial charge in [-0.25, -0.2) is 0 Å². The van der Waals surface area contributed by atoms with Crippen molar-refractivity contribution in [3.8, 4) is 0 Å². The first-order valence-electron chi connectivity index (χ1n) is 7.74. The minimum absolute atomic E-state index is 0.375. The van der Waals surface area contributed by atoms with E-state index in [-0.39, 0.29) is 12.2 Å². The van der Waals surface area contributed by atoms with Gasteiger partial charge in [0.2, 0.25) is 0 Å². The topological polar surface area (TPSA) is 80.9 Å². The molecule has 4 atom stereocenters. The Bertz CT molecular complexity index is 476. The molecule has 126 valence electrons. The molecule has 0 saturated heterocycles. The van der Waals surface area contributed by atoms with E-state index in [1.165, 1.54) is 0 Å². The predicted molar refractivity (Wildman–Crippen MR) is 90.8 cm³/mol. The quantitative estimate of drug-likeness (QED) is 0.683. The van der Waals surface area contributed by atoms with Crippen LogP contribution in [-0.2, 0) is 0 Å². The lowest BCUT2D eigenvalue weighted by Gasteiger charge is -2.18. The van der Waals surface area contributed by atoms with Crippen LogP contribution in [0.4, 0.5) is 0 Å². The van der Waals surface area contributed by atoms with Crippen molar-refractivity contribution in [2.45, 2.75) is 44.7 Å². The van der Waals surface area contributed by atoms with Gasteiger partial charge in [-0.3, -0.25) is 0 Å². The standard InChI is InChI=1S/C14H14O2.C5H12O2/c15-13(11-7-3-1-4-8-11)14(16)12-9-5-2-6-10-12;1-4(6)3-5(2)7/h1-10,13-16H;4-7H,3H2,1-2H3. The first kappa shape index (κ1) is 19.3. The van der Waals surface area contributed by atoms with Gasteiger partial charge in [0.25, 0.3) is 0 Å². The summed E-state index contributed by atoms with van der Waals surface area (Å²) in [6.07, 6.45) is -2.05. The van der Waals surface area contributed by atoms with Gasteiger partial charge >= 0.3 is 0 Å². The normalized spacial score (nSPS) is 15.7. The Balaban J connectivity index is 0.000000322. The maximum Gasteiger partial charge on any atom is 0.109 e. The summed E-state index contributed by atoms with van der Waals surface area (Å²) in [5.41, 5.74) is 1.44. The molecule has 23 heavy (non-hydrogen) atoms. The summed E-state index contributed by atoms with van der Waals surface area (Å²) in [6, 6.07) is 18.3. The summed E-state index contributed by atoms with van der Waals surface area (Å²) in [5, 5.41) is 37.1. The Kier molecular flexibility index (Phi) is 8.51. The van der Waals surface area contributed by atoms with Crippen molar-refractivity contribution in [2.75, 3.05) is 0 Å². The SMILES string of the molecule is CC(O)CC(C)O.OC(c1ccccc1)C(O)c1ccccc1. The summed E-state index contributed by atoms with van der Waals surface area (Å²) in [5.74, 6) is 0. The zero-order valence-corrected chi connectivity index (χ0v) is 13.6. The number of rotatable bonds is 5. The molecular formula is C19H26O4. The number of hydrogen-bond donors (Lipinski definition) is 4. The van der Waals surface area contributed by atoms with Gasteiger partial charge < -0.3 is 20.4 Å². The lowest BCUT2D eigenvalue weighted by molar-refractivity contribution is 0.0172. The lowest BCUT2D eigenvalue weighted by Crippen LogP contribution is -2.10. The fraction of sp³-hybridized carbons (Fsp3) is 0.368. The Hall–Kier alpha value is -1.72. The van der Waals surface area contributed by atoms with E-state index in [2.05, 4.69) is 0 Å². The second-order valence-corrected chi connectivity index (χ2v) is 5.64. The van der Waals surface area contributed by atoms with Gasteiger partial charge in [0.05, 0.1) is 12.2 Å². The molecule has 2 rings (SSSR count). The Morgan fingerprint density at radius 3 is 1.13 bits per heavy atom. The highest BCUT2D eigenvalue weighted by Crippen LogP contribution is 2.27. The smallest absolute Gasteiger partial charge is 0.109 e. The molecule has 0 heterocycles. The fourth-order valence-electron chi connectivity index (χ4n) is 2.16. The second-order valence-electron chi connectivity index (χ2n) is 5.64. The van der Waals surface area contributed by atoms with Crippen molar-refractivity contribution in [2.24, 2.45) is 0 Å². The summed E-state index contributed by atoms with van der Waals surface area (Å²) in [4.78, 5) is 0. The van der Waals surface area contributed by atoms with Crippen LogP contribution in [0.1, 0.15) is 43.6 Å². The van der Waals surface area contributed by atoms with Crippen molar-refractivity contribution in [3.63, 3.8) is 0 Å². The van der Waals surface area contributed by atoms with E-state index in [1.807, 2.05) is 36.4 Å². The minimum atomic E-state index is -0.886. The molecule has 2 aromatic carbocycles. The Morgan fingerprint density at radius 1 is 0.609 bits per heavy atom. The third kappa shape index (κ3) is 7.39. The molecule has 0 aliphatic carbocycles. The molecule has 2 aromatic rings. The van der Waals surface area contributed by atoms with Crippen molar-refractivity contribution in [1.29, 1.82) is 0 Å². The van der Waals surface area contributed by atoms with Gasteiger partial charge in [0, 0.05) is 0 Å². The van der Waals surface area contributed by atoms with E-state index in [1.54, 1.807) is 38.1 Å². The highest BCUT2D eigenvalue weighted by Gasteiger charge is 2.19. The van der Waals surface area contributed by atoms with E-state index in [0.29, 0.717) is 6.42 Å². The van der Waals surface area contributed by atoms with Crippen molar-refractivity contribution in [3.05, 3.63) is 71.8 Å². The van der Waals surface area contributed by atoms with E-state index in [0.717, 1.165) is 11.1 Å². The number of aliphatic hydroxyl groups is 4. The third-order valence-electron chi connectivity index (χ3n) is 3.26. The van der Waals surface area contributed by atoms with Crippen LogP contribution in [0.2, 0.25) is 0 Å². The van der Waals surface area contributed by atoms with Crippen LogP contribution in [0.3, 0.4) is 0 Å². The van der Waals surface area contributed by atoms with Crippen LogP contribution in [0.25, 0.3) is 0 Å². The molecular weight excluding hydrogens is 292 g/mol. The average molecular weight is 318 g/mol. The highest BCUT2D eigenvalue weighted by atomic mass is 16.3. The maximum atomic E-state index is 9.99. The molecule has 0 saturated carbocycles. The van der Waals surface area contributed by atoms with E-state index < -0.39 is 12.2 Å². The van der Waals surface area contributed by atoms with E-state index in [4.69, 9.17) is 10.2 Å². The first-order valence-corrected chi connectivity index (χ1v) is 7.74. The number of hydrogen-bond acceptors (Lipinski definition) is 4. The second kappa shape index (κ2) is 10.1. The fourth-order valence-corrected chi connectivity index (χ4v) is 2.16. The predicted octanol–water partition coefficient (Wildman–Crippen LogP) is 2.59. The molecule has 0 spiro atoms. The van der Waals surface area contributed by atoms with Crippen LogP contribution in [0.15, 0.2) is 60.7 Å². The molecule has 0 fully saturated rings. The molecule has 0 amide bonds. The highest BCUT2D eigenvalue weighted by molar-refractivity contribution is 5.24. The molecule has 4 heteroatoms. The summed E-state index contributed by atoms with van der Waals surface area (Å²) < 4.78 is 0. The summed E-state index contributed by atoms with van der Waals surface area (Å²) in [7, 11) is 0. The third-order valence-corrected chi connectivity index (χ3v) is 3.26. The zero-order chi connectivity index (χ0) is 17.2. The molecule has 0 radical (unpaired) electrons. The minimum Gasteiger partial charge on any atom is -0.393 e. The van der Waals surface area contributed by atoms with E-state index in [9.17, 15) is 10.2 Å². The summed E-state index contributed by atoms with van der Waals surface area (Å²) in [6.45, 7) is 3.32. The monoisotopic (exact) mass is 318 g/mol. The first-order chi connectivity index (χ1) is 10.9. The van der Waals surface area contributed by atoms with Crippen LogP contribution in [0, 0.1) is 0 Å². The van der Waals surface area contributed by atoms with Gasteiger partial charge in [-0.15, -0.1) is 0 Å². The van der Waals surface area contributed by atoms with E-state index >= 15 is 0 Å². The zero-order valence-electron chi connectivity index (χ0n) is 13.6. The van der Waals surface area contributed by atoms with Crippen LogP contribution in [0.5, 0.6) is 0 Å². The average Bonchev–Trinajstić information content (AvgIpc) is 2.54. The van der Waals surface area contributed by atoms with Crippen molar-refractivity contribution in [1.82, 2.24) is 0 Å². The molecule has 0 aromatic heterocycles. The maximum absolute atomic E-state index is 9.99. The summed E-state index contributed by atoms with van der Waals surface area (Å²) >= 11 is 0. The van der Waals surface area contributed by atoms with Gasteiger partial charge in [-0.1, -0.05) is 60.7 Å². The van der Waals surface area contributed by atoms with Gasteiger partial charge in [0.15, 0.2) is 0 Å². The van der Waals surface area contributed by atoms with Gasteiger partial charge in [0.1, 0.15) is 12.2 Å². The van der Waals surface area contributed by atoms with Crippen LogP contribution in [-0.4, -0.2) is 32.6 Å². The molecule has 4 unspecified atom stereocenters. The Labute approximate surface area is 137 Å². The number of benzene rings is 2. The largest absolute Gasteiger partial charge is 0.393 e. The molecule has 0 aliphatic heterocycles. The van der Waals surface area contributed by atoms with Crippen molar-refractivity contribution >= 4 is 0 Å². The van der Waals surface area contributed by atoms with Crippen LogP contribution < -0.4 is 0 Å². The number of aliphatic hydroxyl groups excluding tert-OH is 4.